The number of hydrogen-bond acceptors (Lipinski definition) is 7. The van der Waals surface area contributed by atoms with Crippen molar-refractivity contribution < 1.29 is 38.0 Å². The maximum atomic E-state index is 8.92. The van der Waals surface area contributed by atoms with Crippen molar-refractivity contribution in [2.45, 2.75) is 19.8 Å². The van der Waals surface area contributed by atoms with E-state index in [2.05, 4.69) is 24.0 Å². The average molecular weight is 413 g/mol. The van der Waals surface area contributed by atoms with Crippen LogP contribution in [-0.4, -0.2) is 84.1 Å². The fourth-order valence-electron chi connectivity index (χ4n) is 2.38. The molecular formula is C15H19CaNO8S. The SMILES string of the molecule is CC1=CN=Cc2coc3cc(CCCO)cc1c23.O.O.O=S(=O)([O-])[O-].[Ca+2]. The number of hydrogen-bond donors (Lipinski definition) is 1. The van der Waals surface area contributed by atoms with Crippen LogP contribution in [0.3, 0.4) is 0 Å². The van der Waals surface area contributed by atoms with Gasteiger partial charge in [0, 0.05) is 40.4 Å². The van der Waals surface area contributed by atoms with E-state index in [1.807, 2.05) is 12.4 Å². The second kappa shape index (κ2) is 11.8. The summed E-state index contributed by atoms with van der Waals surface area (Å²) in [4.78, 5) is 4.27. The van der Waals surface area contributed by atoms with Crippen molar-refractivity contribution in [1.82, 2.24) is 0 Å². The number of nitrogens with zero attached hydrogens (tertiary/aromatic N) is 1. The molecule has 0 amide bonds. The minimum absolute atomic E-state index is 0. The second-order valence-electron chi connectivity index (χ2n) is 5.03. The van der Waals surface area contributed by atoms with Gasteiger partial charge in [-0.1, -0.05) is 6.07 Å². The minimum atomic E-state index is -5.17. The van der Waals surface area contributed by atoms with E-state index in [4.69, 9.17) is 27.0 Å². The summed E-state index contributed by atoms with van der Waals surface area (Å²) in [5.41, 5.74) is 5.45. The summed E-state index contributed by atoms with van der Waals surface area (Å²) in [5.74, 6) is 0. The van der Waals surface area contributed by atoms with Crippen LogP contribution in [0.2, 0.25) is 0 Å². The standard InChI is InChI=1S/C15H15NO2.Ca.H2O4S.2H2O/c1-10-7-16-8-12-9-18-14-6-11(3-2-4-17)5-13(10)15(12)14;;1-5(2,3)4;;/h5-9,17H,2-4H2,1H3;;(H2,1,2,3,4);2*1H2/q;+2;;;/p-2. The van der Waals surface area contributed by atoms with Crippen LogP contribution in [0, 0.1) is 0 Å². The van der Waals surface area contributed by atoms with Gasteiger partial charge in [0.25, 0.3) is 0 Å². The first-order valence-electron chi connectivity index (χ1n) is 6.81. The van der Waals surface area contributed by atoms with Gasteiger partial charge in [-0.3, -0.25) is 13.4 Å². The molecule has 0 fully saturated rings. The zero-order valence-electron chi connectivity index (χ0n) is 14.1. The molecule has 140 valence electrons. The molecule has 0 bridgehead atoms. The Morgan fingerprint density at radius 2 is 1.85 bits per heavy atom. The average Bonchev–Trinajstić information content (AvgIpc) is 2.78. The molecule has 1 aliphatic heterocycles. The van der Waals surface area contributed by atoms with Crippen molar-refractivity contribution in [3.8, 4) is 0 Å². The van der Waals surface area contributed by atoms with Crippen molar-refractivity contribution in [1.29, 1.82) is 0 Å². The van der Waals surface area contributed by atoms with Gasteiger partial charge in [0.1, 0.15) is 11.8 Å². The summed E-state index contributed by atoms with van der Waals surface area (Å²) in [6.07, 6.45) is 7.10. The molecule has 2 heterocycles. The van der Waals surface area contributed by atoms with Gasteiger partial charge in [0.15, 0.2) is 0 Å². The molecule has 0 saturated heterocycles. The summed E-state index contributed by atoms with van der Waals surface area (Å²) in [5, 5.41) is 10.1. The number of aliphatic hydroxyl groups is 1. The van der Waals surface area contributed by atoms with E-state index in [1.54, 1.807) is 6.26 Å². The maximum absolute atomic E-state index is 8.92. The molecule has 2 aromatic rings. The monoisotopic (exact) mass is 413 g/mol. The molecule has 0 saturated carbocycles. The number of aliphatic imine (C=N–C) groups is 1. The largest absolute Gasteiger partial charge is 2.00 e. The van der Waals surface area contributed by atoms with Crippen LogP contribution in [-0.2, 0) is 16.8 Å². The molecule has 9 nitrogen and oxygen atoms in total. The van der Waals surface area contributed by atoms with Gasteiger partial charge in [0.05, 0.1) is 0 Å². The zero-order chi connectivity index (χ0) is 17.0. The first-order chi connectivity index (χ1) is 10.8. The molecule has 0 radical (unpaired) electrons. The first kappa shape index (κ1) is 27.4. The summed E-state index contributed by atoms with van der Waals surface area (Å²) < 4.78 is 39.7. The fraction of sp³-hybridized carbons (Fsp3) is 0.267. The van der Waals surface area contributed by atoms with E-state index in [0.717, 1.165) is 34.9 Å². The van der Waals surface area contributed by atoms with E-state index < -0.39 is 10.4 Å². The Balaban J connectivity index is 0. The van der Waals surface area contributed by atoms with E-state index in [-0.39, 0.29) is 55.3 Å². The van der Waals surface area contributed by atoms with E-state index in [0.29, 0.717) is 0 Å². The van der Waals surface area contributed by atoms with Crippen LogP contribution in [0.4, 0.5) is 0 Å². The number of allylic oxidation sites excluding steroid dienone is 1. The van der Waals surface area contributed by atoms with Gasteiger partial charge in [-0.15, -0.1) is 0 Å². The topological polar surface area (TPSA) is 189 Å². The third-order valence-electron chi connectivity index (χ3n) is 3.29. The smallest absolute Gasteiger partial charge is 0.759 e. The van der Waals surface area contributed by atoms with Crippen molar-refractivity contribution in [3.05, 3.63) is 41.3 Å². The van der Waals surface area contributed by atoms with Crippen LogP contribution in [0.15, 0.2) is 34.0 Å². The molecule has 1 aromatic heterocycles. The fourth-order valence-corrected chi connectivity index (χ4v) is 2.38. The normalized spacial score (nSPS) is 11.8. The quantitative estimate of drug-likeness (QED) is 0.411. The molecule has 5 N–H and O–H groups in total. The molecule has 0 aliphatic carbocycles. The van der Waals surface area contributed by atoms with Crippen LogP contribution >= 0.6 is 0 Å². The Kier molecular flexibility index (Phi) is 12.4. The predicted molar refractivity (Wildman–Crippen MR) is 96.3 cm³/mol. The number of furan rings is 1. The van der Waals surface area contributed by atoms with E-state index >= 15 is 0 Å². The molecule has 3 rings (SSSR count). The maximum Gasteiger partial charge on any atom is 2.00 e. The third-order valence-corrected chi connectivity index (χ3v) is 3.29. The van der Waals surface area contributed by atoms with Gasteiger partial charge in [0.2, 0.25) is 0 Å². The van der Waals surface area contributed by atoms with E-state index in [1.165, 1.54) is 11.1 Å². The molecule has 1 aromatic carbocycles. The molecule has 26 heavy (non-hydrogen) atoms. The van der Waals surface area contributed by atoms with Gasteiger partial charge < -0.3 is 29.6 Å². The van der Waals surface area contributed by atoms with Gasteiger partial charge in [-0.05, 0) is 42.5 Å². The number of aliphatic hydroxyl groups excluding tert-OH is 1. The Morgan fingerprint density at radius 1 is 1.23 bits per heavy atom. The van der Waals surface area contributed by atoms with Crippen molar-refractivity contribution in [2.24, 2.45) is 4.99 Å². The van der Waals surface area contributed by atoms with Crippen LogP contribution in [0.25, 0.3) is 16.5 Å². The van der Waals surface area contributed by atoms with Crippen molar-refractivity contribution in [3.63, 3.8) is 0 Å². The first-order valence-corrected chi connectivity index (χ1v) is 8.15. The molecule has 0 spiro atoms. The third kappa shape index (κ3) is 7.82. The van der Waals surface area contributed by atoms with Crippen molar-refractivity contribution in [2.75, 3.05) is 6.61 Å². The Hall–Kier alpha value is -0.820. The van der Waals surface area contributed by atoms with Crippen LogP contribution in [0.1, 0.15) is 30.0 Å². The Bertz CT molecular complexity index is 865. The molecule has 1 aliphatic rings. The summed E-state index contributed by atoms with van der Waals surface area (Å²) in [6.45, 7) is 2.28. The van der Waals surface area contributed by atoms with Gasteiger partial charge in [-0.2, -0.15) is 0 Å². The number of benzene rings is 1. The summed E-state index contributed by atoms with van der Waals surface area (Å²) in [6, 6.07) is 4.24. The number of rotatable bonds is 3. The minimum Gasteiger partial charge on any atom is -0.759 e. The van der Waals surface area contributed by atoms with Crippen LogP contribution in [0.5, 0.6) is 0 Å². The molecular weight excluding hydrogens is 394 g/mol. The predicted octanol–water partition coefficient (Wildman–Crippen LogP) is -0.217. The Morgan fingerprint density at radius 3 is 2.42 bits per heavy atom. The number of aryl methyl sites for hydroxylation is 1. The van der Waals surface area contributed by atoms with Gasteiger partial charge >= 0.3 is 37.7 Å². The second-order valence-corrected chi connectivity index (χ2v) is 5.85. The van der Waals surface area contributed by atoms with Crippen molar-refractivity contribution >= 4 is 70.9 Å². The summed E-state index contributed by atoms with van der Waals surface area (Å²) >= 11 is 0. The molecule has 11 heteroatoms. The van der Waals surface area contributed by atoms with Gasteiger partial charge in [-0.25, -0.2) is 0 Å². The van der Waals surface area contributed by atoms with E-state index in [9.17, 15) is 0 Å². The molecule has 0 atom stereocenters. The van der Waals surface area contributed by atoms with Crippen LogP contribution < -0.4 is 0 Å². The summed E-state index contributed by atoms with van der Waals surface area (Å²) in [7, 11) is -5.17. The Labute approximate surface area is 180 Å². The zero-order valence-corrected chi connectivity index (χ0v) is 17.1. The molecule has 0 unspecified atom stereocenters.